The topological polar surface area (TPSA) is 184 Å². The Morgan fingerprint density at radius 1 is 0.855 bits per heavy atom. The van der Waals surface area contributed by atoms with Crippen LogP contribution in [0, 0.1) is 11.8 Å². The summed E-state index contributed by atoms with van der Waals surface area (Å²) in [7, 11) is 2.57. The smallest absolute Gasteiger partial charge is 0.407 e. The number of likely N-dealkylation sites (tertiary alicyclic amines) is 2. The average Bonchev–Trinajstić information content (AvgIpc) is 4.12. The summed E-state index contributed by atoms with van der Waals surface area (Å²) in [6.45, 7) is 7.39. The second-order valence-corrected chi connectivity index (χ2v) is 16.9. The first-order chi connectivity index (χ1) is 30.0. The van der Waals surface area contributed by atoms with Crippen molar-refractivity contribution in [3.63, 3.8) is 0 Å². The largest absolute Gasteiger partial charge is 0.488 e. The molecule has 6 aromatic rings. The molecular weight excluding hydrogens is 789 g/mol. The molecule has 0 spiro atoms. The number of aromatic amines is 2. The number of nitrogens with zero attached hydrogens (tertiary/aromatic N) is 4. The minimum atomic E-state index is -0.914. The second-order valence-electron chi connectivity index (χ2n) is 16.9. The SMILES string of the molecule is COC(=O)NC(C(=O)N1CC(C)CC1c1nc2c(ccc3cc4c(cc32)OCc2cc(-c3cnc(C5CCCN5C(=O)C(NC(=O)OC)C(C)C)[nH]3)ccc2-4)[nH]1)c1ccccc1. The van der Waals surface area contributed by atoms with Gasteiger partial charge in [0.15, 0.2) is 0 Å². The van der Waals surface area contributed by atoms with E-state index >= 15 is 0 Å². The van der Waals surface area contributed by atoms with Crippen molar-refractivity contribution < 1.29 is 33.4 Å². The van der Waals surface area contributed by atoms with Gasteiger partial charge in [-0.2, -0.15) is 0 Å². The van der Waals surface area contributed by atoms with Crippen LogP contribution in [0.3, 0.4) is 0 Å². The third kappa shape index (κ3) is 7.45. The first-order valence-electron chi connectivity index (χ1n) is 21.1. The van der Waals surface area contributed by atoms with E-state index in [0.29, 0.717) is 43.3 Å². The van der Waals surface area contributed by atoms with Gasteiger partial charge in [0, 0.05) is 24.0 Å². The Morgan fingerprint density at radius 2 is 1.65 bits per heavy atom. The molecule has 5 atom stereocenters. The summed E-state index contributed by atoms with van der Waals surface area (Å²) in [6.07, 6.45) is 2.81. The third-order valence-corrected chi connectivity index (χ3v) is 12.5. The Bertz CT molecular complexity index is 2690. The molecule has 3 aliphatic rings. The Labute approximate surface area is 358 Å². The molecular formula is C47H50N8O7. The van der Waals surface area contributed by atoms with Crippen LogP contribution < -0.4 is 15.4 Å². The van der Waals surface area contributed by atoms with Gasteiger partial charge in [-0.05, 0) is 83.0 Å². The number of H-pyrrole nitrogens is 2. The molecule has 320 valence electrons. The third-order valence-electron chi connectivity index (χ3n) is 12.5. The van der Waals surface area contributed by atoms with Gasteiger partial charge in [-0.25, -0.2) is 19.6 Å². The number of aromatic nitrogens is 4. The Morgan fingerprint density at radius 3 is 2.42 bits per heavy atom. The van der Waals surface area contributed by atoms with Gasteiger partial charge in [0.1, 0.15) is 36.1 Å². The van der Waals surface area contributed by atoms with Gasteiger partial charge < -0.3 is 44.6 Å². The molecule has 2 fully saturated rings. The number of hydrogen-bond donors (Lipinski definition) is 4. The number of hydrogen-bond acceptors (Lipinski definition) is 9. The summed E-state index contributed by atoms with van der Waals surface area (Å²) in [5.41, 5.74) is 7.21. The number of carbonyl (C=O) groups is 4. The van der Waals surface area contributed by atoms with Crippen LogP contribution in [0.1, 0.15) is 80.9 Å². The highest BCUT2D eigenvalue weighted by atomic mass is 16.5. The number of carbonyl (C=O) groups excluding carboxylic acids is 4. The first-order valence-corrected chi connectivity index (χ1v) is 21.1. The van der Waals surface area contributed by atoms with Crippen molar-refractivity contribution in [3.05, 3.63) is 102 Å². The predicted octanol–water partition coefficient (Wildman–Crippen LogP) is 7.72. The van der Waals surface area contributed by atoms with Gasteiger partial charge in [-0.15, -0.1) is 0 Å². The number of alkyl carbamates (subject to hydrolysis) is 2. The van der Waals surface area contributed by atoms with Gasteiger partial charge in [0.2, 0.25) is 5.91 Å². The van der Waals surface area contributed by atoms with Crippen molar-refractivity contribution >= 4 is 45.8 Å². The molecule has 15 heteroatoms. The zero-order valence-electron chi connectivity index (χ0n) is 35.4. The maximum Gasteiger partial charge on any atom is 0.407 e. The maximum atomic E-state index is 14.2. The molecule has 4 N–H and O–H groups in total. The summed E-state index contributed by atoms with van der Waals surface area (Å²) < 4.78 is 16.1. The molecule has 2 aromatic heterocycles. The van der Waals surface area contributed by atoms with Crippen LogP contribution in [0.25, 0.3) is 44.2 Å². The highest BCUT2D eigenvalue weighted by Gasteiger charge is 2.41. The lowest BCUT2D eigenvalue weighted by Crippen LogP contribution is -2.51. The normalized spacial score (nSPS) is 19.2. The van der Waals surface area contributed by atoms with Gasteiger partial charge in [-0.3, -0.25) is 9.59 Å². The molecule has 2 saturated heterocycles. The van der Waals surface area contributed by atoms with Gasteiger partial charge in [0.25, 0.3) is 5.91 Å². The molecule has 4 aromatic carbocycles. The Kier molecular flexibility index (Phi) is 10.8. The molecule has 0 radical (unpaired) electrons. The van der Waals surface area contributed by atoms with Crippen LogP contribution in [-0.4, -0.2) is 87.1 Å². The van der Waals surface area contributed by atoms with E-state index in [1.54, 1.807) is 6.20 Å². The fraction of sp³-hybridized carbons (Fsp3) is 0.362. The number of fused-ring (bicyclic) bond motifs is 6. The van der Waals surface area contributed by atoms with Gasteiger partial charge in [0.05, 0.1) is 49.2 Å². The first kappa shape index (κ1) is 40.5. The number of imidazole rings is 2. The molecule has 3 aliphatic heterocycles. The lowest BCUT2D eigenvalue weighted by Gasteiger charge is -2.30. The van der Waals surface area contributed by atoms with E-state index in [-0.39, 0.29) is 35.7 Å². The Balaban J connectivity index is 0.967. The number of methoxy groups -OCH3 is 2. The van der Waals surface area contributed by atoms with E-state index in [2.05, 4.69) is 63.9 Å². The van der Waals surface area contributed by atoms with Crippen molar-refractivity contribution in [1.29, 1.82) is 0 Å². The van der Waals surface area contributed by atoms with Crippen molar-refractivity contribution in [3.8, 4) is 28.1 Å². The van der Waals surface area contributed by atoms with Crippen molar-refractivity contribution in [2.45, 2.75) is 70.8 Å². The van der Waals surface area contributed by atoms with Gasteiger partial charge in [-0.1, -0.05) is 69.3 Å². The number of ether oxygens (including phenoxy) is 3. The lowest BCUT2D eigenvalue weighted by atomic mass is 9.92. The number of amides is 4. The summed E-state index contributed by atoms with van der Waals surface area (Å²) in [5, 5.41) is 7.39. The van der Waals surface area contributed by atoms with Crippen LogP contribution in [0.15, 0.2) is 79.0 Å². The van der Waals surface area contributed by atoms with Crippen molar-refractivity contribution in [2.75, 3.05) is 27.3 Å². The van der Waals surface area contributed by atoms with Crippen LogP contribution >= 0.6 is 0 Å². The van der Waals surface area contributed by atoms with E-state index in [9.17, 15) is 19.2 Å². The molecule has 5 unspecified atom stereocenters. The molecule has 0 bridgehead atoms. The number of benzene rings is 4. The highest BCUT2D eigenvalue weighted by Crippen LogP contribution is 2.44. The van der Waals surface area contributed by atoms with E-state index in [1.165, 1.54) is 14.2 Å². The minimum Gasteiger partial charge on any atom is -0.488 e. The van der Waals surface area contributed by atoms with Gasteiger partial charge >= 0.3 is 12.2 Å². The van der Waals surface area contributed by atoms with E-state index < -0.39 is 24.3 Å². The second kappa shape index (κ2) is 16.5. The molecule has 0 saturated carbocycles. The summed E-state index contributed by atoms with van der Waals surface area (Å²) in [4.78, 5) is 72.8. The van der Waals surface area contributed by atoms with E-state index in [1.807, 2.05) is 60.0 Å². The van der Waals surface area contributed by atoms with E-state index in [0.717, 1.165) is 68.3 Å². The standard InChI is InChI=1S/C47H50N8O7/c1-25(2)39(52-46(58)60-4)44(56)54-17-9-12-36(54)42-48-22-35(50-42)29-13-15-31-30(19-29)24-62-38-21-32-28(20-33(31)38)14-16-34-41(32)51-43(49-34)37-18-26(3)23-55(37)45(57)40(53-47(59)61-5)27-10-7-6-8-11-27/h6-8,10-11,13-16,19-22,25-26,36-37,39-40H,9,12,17-18,23-24H2,1-5H3,(H,48,50)(H,49,51)(H,52,58)(H,53,59). The minimum absolute atomic E-state index is 0.121. The summed E-state index contributed by atoms with van der Waals surface area (Å²) in [6, 6.07) is 21.6. The fourth-order valence-electron chi connectivity index (χ4n) is 9.30. The molecule has 4 amide bonds. The predicted molar refractivity (Wildman–Crippen MR) is 232 cm³/mol. The van der Waals surface area contributed by atoms with Crippen LogP contribution in [0.5, 0.6) is 5.75 Å². The highest BCUT2D eigenvalue weighted by molar-refractivity contribution is 6.07. The summed E-state index contributed by atoms with van der Waals surface area (Å²) >= 11 is 0. The zero-order chi connectivity index (χ0) is 43.2. The van der Waals surface area contributed by atoms with Crippen LogP contribution in [-0.2, 0) is 25.7 Å². The maximum absolute atomic E-state index is 14.2. The van der Waals surface area contributed by atoms with E-state index in [4.69, 9.17) is 24.2 Å². The molecule has 62 heavy (non-hydrogen) atoms. The molecule has 0 aliphatic carbocycles. The average molecular weight is 839 g/mol. The molecule has 5 heterocycles. The lowest BCUT2D eigenvalue weighted by molar-refractivity contribution is -0.136. The molecule has 9 rings (SSSR count). The van der Waals surface area contributed by atoms with Crippen molar-refractivity contribution in [2.24, 2.45) is 11.8 Å². The quantitative estimate of drug-likeness (QED) is 0.113. The number of nitrogens with one attached hydrogen (secondary N) is 4. The van der Waals surface area contributed by atoms with Crippen LogP contribution in [0.2, 0.25) is 0 Å². The van der Waals surface area contributed by atoms with Crippen molar-refractivity contribution in [1.82, 2.24) is 40.4 Å². The number of rotatable bonds is 9. The fourth-order valence-corrected chi connectivity index (χ4v) is 9.30. The summed E-state index contributed by atoms with van der Waals surface area (Å²) in [5.74, 6) is 1.88. The van der Waals surface area contributed by atoms with Crippen LogP contribution in [0.4, 0.5) is 9.59 Å². The zero-order valence-corrected chi connectivity index (χ0v) is 35.4. The monoisotopic (exact) mass is 838 g/mol. The Hall–Kier alpha value is -6.90. The molecule has 15 nitrogen and oxygen atoms in total.